The Morgan fingerprint density at radius 1 is 1.00 bits per heavy atom. The van der Waals surface area contributed by atoms with Crippen molar-refractivity contribution < 1.29 is 9.59 Å². The summed E-state index contributed by atoms with van der Waals surface area (Å²) in [6, 6.07) is 14.5. The van der Waals surface area contributed by atoms with Gasteiger partial charge in [-0.2, -0.15) is 0 Å². The average molecular weight is 311 g/mol. The van der Waals surface area contributed by atoms with Crippen molar-refractivity contribution in [3.05, 3.63) is 70.8 Å². The standard InChI is InChI=1S/C18H21N3O2/c1-13-9-10-16(14(2)11-13)12-21(3)18(23)20-19-17(22)15-7-5-4-6-8-15/h4-11H,12H2,1-3H3,(H,19,22)(H,20,23). The van der Waals surface area contributed by atoms with Crippen LogP contribution in [-0.2, 0) is 6.54 Å². The second-order valence-corrected chi connectivity index (χ2v) is 5.54. The molecule has 0 spiro atoms. The van der Waals surface area contributed by atoms with Crippen LogP contribution < -0.4 is 10.9 Å². The lowest BCUT2D eigenvalue weighted by atomic mass is 10.1. The molecule has 0 unspecified atom stereocenters. The van der Waals surface area contributed by atoms with E-state index in [0.717, 1.165) is 11.1 Å². The highest BCUT2D eigenvalue weighted by Crippen LogP contribution is 2.12. The van der Waals surface area contributed by atoms with Gasteiger partial charge in [0.1, 0.15) is 0 Å². The van der Waals surface area contributed by atoms with E-state index in [1.807, 2.05) is 32.0 Å². The first-order valence-electron chi connectivity index (χ1n) is 7.40. The first-order valence-corrected chi connectivity index (χ1v) is 7.40. The third-order valence-corrected chi connectivity index (χ3v) is 3.57. The molecule has 2 aromatic rings. The largest absolute Gasteiger partial charge is 0.336 e. The summed E-state index contributed by atoms with van der Waals surface area (Å²) in [6.07, 6.45) is 0. The summed E-state index contributed by atoms with van der Waals surface area (Å²) in [5.41, 5.74) is 8.72. The Hall–Kier alpha value is -2.82. The maximum atomic E-state index is 12.1. The minimum absolute atomic E-state index is 0.348. The van der Waals surface area contributed by atoms with Gasteiger partial charge in [-0.1, -0.05) is 42.0 Å². The molecule has 0 aliphatic heterocycles. The second-order valence-electron chi connectivity index (χ2n) is 5.54. The van der Waals surface area contributed by atoms with Crippen molar-refractivity contribution in [1.29, 1.82) is 0 Å². The molecule has 0 bridgehead atoms. The lowest BCUT2D eigenvalue weighted by Crippen LogP contribution is -2.47. The number of hydrazine groups is 1. The number of amides is 3. The summed E-state index contributed by atoms with van der Waals surface area (Å²) < 4.78 is 0. The van der Waals surface area contributed by atoms with E-state index < -0.39 is 0 Å². The van der Waals surface area contributed by atoms with Gasteiger partial charge in [-0.25, -0.2) is 10.2 Å². The predicted octanol–water partition coefficient (Wildman–Crippen LogP) is 2.79. The summed E-state index contributed by atoms with van der Waals surface area (Å²) in [4.78, 5) is 25.5. The molecule has 0 heterocycles. The molecule has 3 amide bonds. The molecule has 120 valence electrons. The van der Waals surface area contributed by atoms with Gasteiger partial charge in [0, 0.05) is 19.2 Å². The molecule has 0 fully saturated rings. The van der Waals surface area contributed by atoms with Crippen molar-refractivity contribution in [2.75, 3.05) is 7.05 Å². The van der Waals surface area contributed by atoms with Crippen molar-refractivity contribution in [3.63, 3.8) is 0 Å². The van der Waals surface area contributed by atoms with Crippen molar-refractivity contribution in [1.82, 2.24) is 15.8 Å². The first kappa shape index (κ1) is 16.5. The zero-order valence-corrected chi connectivity index (χ0v) is 13.6. The quantitative estimate of drug-likeness (QED) is 0.856. The third kappa shape index (κ3) is 4.57. The normalized spacial score (nSPS) is 10.0. The van der Waals surface area contributed by atoms with E-state index in [4.69, 9.17) is 0 Å². The molecule has 2 aromatic carbocycles. The number of carbonyl (C=O) groups is 2. The van der Waals surface area contributed by atoms with Crippen LogP contribution in [-0.4, -0.2) is 23.9 Å². The Labute approximate surface area is 136 Å². The number of benzene rings is 2. The summed E-state index contributed by atoms with van der Waals surface area (Å²) in [5, 5.41) is 0. The molecule has 0 aliphatic carbocycles. The van der Waals surface area contributed by atoms with Crippen LogP contribution in [0.5, 0.6) is 0 Å². The van der Waals surface area contributed by atoms with E-state index in [2.05, 4.69) is 16.9 Å². The Kier molecular flexibility index (Phi) is 5.36. The molecule has 5 nitrogen and oxygen atoms in total. The van der Waals surface area contributed by atoms with Crippen molar-refractivity contribution in [2.24, 2.45) is 0 Å². The minimum Gasteiger partial charge on any atom is -0.322 e. The van der Waals surface area contributed by atoms with E-state index >= 15 is 0 Å². The molecule has 0 saturated heterocycles. The lowest BCUT2D eigenvalue weighted by molar-refractivity contribution is 0.0931. The van der Waals surface area contributed by atoms with Crippen LogP contribution in [0.1, 0.15) is 27.0 Å². The molecular formula is C18H21N3O2. The number of aryl methyl sites for hydroxylation is 2. The van der Waals surface area contributed by atoms with Gasteiger partial charge >= 0.3 is 6.03 Å². The second kappa shape index (κ2) is 7.45. The van der Waals surface area contributed by atoms with Crippen molar-refractivity contribution in [3.8, 4) is 0 Å². The van der Waals surface area contributed by atoms with E-state index in [1.54, 1.807) is 31.3 Å². The number of hydrogen-bond donors (Lipinski definition) is 2. The highest BCUT2D eigenvalue weighted by molar-refractivity contribution is 5.95. The Morgan fingerprint density at radius 3 is 2.35 bits per heavy atom. The first-order chi connectivity index (χ1) is 11.0. The number of urea groups is 1. The van der Waals surface area contributed by atoms with E-state index in [-0.39, 0.29) is 11.9 Å². The maximum absolute atomic E-state index is 12.1. The van der Waals surface area contributed by atoms with E-state index in [0.29, 0.717) is 12.1 Å². The van der Waals surface area contributed by atoms with Gasteiger partial charge in [0.25, 0.3) is 5.91 Å². The number of nitrogens with one attached hydrogen (secondary N) is 2. The van der Waals surface area contributed by atoms with Crippen LogP contribution in [0.2, 0.25) is 0 Å². The van der Waals surface area contributed by atoms with E-state index in [1.165, 1.54) is 10.5 Å². The lowest BCUT2D eigenvalue weighted by Gasteiger charge is -2.19. The molecular weight excluding hydrogens is 290 g/mol. The van der Waals surface area contributed by atoms with Crippen LogP contribution >= 0.6 is 0 Å². The molecule has 0 aromatic heterocycles. The molecule has 0 saturated carbocycles. The Balaban J connectivity index is 1.89. The van der Waals surface area contributed by atoms with Crippen molar-refractivity contribution in [2.45, 2.75) is 20.4 Å². The molecule has 5 heteroatoms. The van der Waals surface area contributed by atoms with Gasteiger partial charge in [0.15, 0.2) is 0 Å². The third-order valence-electron chi connectivity index (χ3n) is 3.57. The highest BCUT2D eigenvalue weighted by atomic mass is 16.2. The van der Waals surface area contributed by atoms with Crippen molar-refractivity contribution >= 4 is 11.9 Å². The summed E-state index contributed by atoms with van der Waals surface area (Å²) in [6.45, 7) is 4.52. The van der Waals surface area contributed by atoms with Gasteiger partial charge < -0.3 is 4.90 Å². The van der Waals surface area contributed by atoms with E-state index in [9.17, 15) is 9.59 Å². The Bertz CT molecular complexity index is 699. The number of carbonyl (C=O) groups excluding carboxylic acids is 2. The van der Waals surface area contributed by atoms with Gasteiger partial charge in [0.05, 0.1) is 0 Å². The average Bonchev–Trinajstić information content (AvgIpc) is 2.55. The van der Waals surface area contributed by atoms with Crippen LogP contribution in [0.25, 0.3) is 0 Å². The van der Waals surface area contributed by atoms with Gasteiger partial charge in [-0.15, -0.1) is 0 Å². The van der Waals surface area contributed by atoms with Crippen LogP contribution in [0.4, 0.5) is 4.79 Å². The van der Waals surface area contributed by atoms with Gasteiger partial charge in [-0.05, 0) is 37.1 Å². The SMILES string of the molecule is Cc1ccc(CN(C)C(=O)NNC(=O)c2ccccc2)c(C)c1. The summed E-state index contributed by atoms with van der Waals surface area (Å²) >= 11 is 0. The zero-order chi connectivity index (χ0) is 16.8. The highest BCUT2D eigenvalue weighted by Gasteiger charge is 2.12. The van der Waals surface area contributed by atoms with Gasteiger partial charge in [-0.3, -0.25) is 10.2 Å². The summed E-state index contributed by atoms with van der Waals surface area (Å²) in [7, 11) is 1.68. The fourth-order valence-corrected chi connectivity index (χ4v) is 2.22. The molecule has 2 N–H and O–H groups in total. The number of hydrogen-bond acceptors (Lipinski definition) is 2. The Morgan fingerprint density at radius 2 is 1.70 bits per heavy atom. The molecule has 0 atom stereocenters. The molecule has 0 radical (unpaired) electrons. The smallest absolute Gasteiger partial charge is 0.322 e. The predicted molar refractivity (Wildman–Crippen MR) is 89.8 cm³/mol. The topological polar surface area (TPSA) is 61.4 Å². The molecule has 0 aliphatic rings. The van der Waals surface area contributed by atoms with Gasteiger partial charge in [0.2, 0.25) is 0 Å². The van der Waals surface area contributed by atoms with Crippen LogP contribution in [0.15, 0.2) is 48.5 Å². The van der Waals surface area contributed by atoms with Crippen LogP contribution in [0, 0.1) is 13.8 Å². The fourth-order valence-electron chi connectivity index (χ4n) is 2.22. The molecule has 23 heavy (non-hydrogen) atoms. The zero-order valence-electron chi connectivity index (χ0n) is 13.6. The fraction of sp³-hybridized carbons (Fsp3) is 0.222. The summed E-state index contributed by atoms with van der Waals surface area (Å²) in [5.74, 6) is -0.348. The minimum atomic E-state index is -0.366. The maximum Gasteiger partial charge on any atom is 0.336 e. The monoisotopic (exact) mass is 311 g/mol. The molecule has 2 rings (SSSR count). The van der Waals surface area contributed by atoms with Crippen LogP contribution in [0.3, 0.4) is 0 Å². The number of rotatable bonds is 3. The number of nitrogens with zero attached hydrogens (tertiary/aromatic N) is 1.